The van der Waals surface area contributed by atoms with Gasteiger partial charge in [-0.1, -0.05) is 0 Å². The number of hydrogen-bond acceptors (Lipinski definition) is 4. The minimum absolute atomic E-state index is 0.109. The third kappa shape index (κ3) is 1.86. The van der Waals surface area contributed by atoms with Crippen LogP contribution < -0.4 is 0 Å². The van der Waals surface area contributed by atoms with E-state index in [4.69, 9.17) is 0 Å². The Morgan fingerprint density at radius 3 is 3.00 bits per heavy atom. The highest BCUT2D eigenvalue weighted by molar-refractivity contribution is 7.92. The number of rotatable bonds is 2. The summed E-state index contributed by atoms with van der Waals surface area (Å²) < 4.78 is 25.2. The first-order valence-electron chi connectivity index (χ1n) is 5.93. The van der Waals surface area contributed by atoms with E-state index in [1.165, 1.54) is 0 Å². The van der Waals surface area contributed by atoms with Crippen LogP contribution >= 0.6 is 0 Å². The number of fused-ring (bicyclic) bond motifs is 1. The Bertz CT molecular complexity index is 690. The minimum atomic E-state index is -2.94. The lowest BCUT2D eigenvalue weighted by atomic mass is 10.2. The summed E-state index contributed by atoms with van der Waals surface area (Å²) in [7, 11) is -2.94. The SMILES string of the molecule is O=S1(=O)CCCC1Cc1cn2cccc(O)c2n1. The highest BCUT2D eigenvalue weighted by Gasteiger charge is 2.31. The number of imidazole rings is 1. The third-order valence-electron chi connectivity index (χ3n) is 3.41. The van der Waals surface area contributed by atoms with Crippen molar-refractivity contribution in [1.29, 1.82) is 0 Å². The van der Waals surface area contributed by atoms with Gasteiger partial charge >= 0.3 is 0 Å². The van der Waals surface area contributed by atoms with E-state index in [9.17, 15) is 13.5 Å². The van der Waals surface area contributed by atoms with E-state index in [0.29, 0.717) is 24.2 Å². The van der Waals surface area contributed by atoms with Crippen molar-refractivity contribution in [2.75, 3.05) is 5.75 Å². The summed E-state index contributed by atoms with van der Waals surface area (Å²) in [5.74, 6) is 0.397. The Hall–Kier alpha value is -1.56. The van der Waals surface area contributed by atoms with Crippen molar-refractivity contribution < 1.29 is 13.5 Å². The van der Waals surface area contributed by atoms with Gasteiger partial charge in [-0.3, -0.25) is 0 Å². The molecule has 6 heteroatoms. The predicted octanol–water partition coefficient (Wildman–Crippen LogP) is 1.16. The minimum Gasteiger partial charge on any atom is -0.504 e. The number of aromatic nitrogens is 2. The van der Waals surface area contributed by atoms with Crippen LogP contribution in [0.25, 0.3) is 5.65 Å². The van der Waals surface area contributed by atoms with Crippen LogP contribution in [0.15, 0.2) is 24.5 Å². The fraction of sp³-hybridized carbons (Fsp3) is 0.417. The van der Waals surface area contributed by atoms with E-state index in [2.05, 4.69) is 4.98 Å². The number of aromatic hydroxyl groups is 1. The molecule has 1 saturated heterocycles. The molecule has 1 unspecified atom stereocenters. The van der Waals surface area contributed by atoms with Gasteiger partial charge in [0.05, 0.1) is 16.7 Å². The Morgan fingerprint density at radius 2 is 2.33 bits per heavy atom. The molecule has 2 aromatic heterocycles. The van der Waals surface area contributed by atoms with Crippen molar-refractivity contribution in [3.8, 4) is 5.75 Å². The van der Waals surface area contributed by atoms with Crippen molar-refractivity contribution in [2.45, 2.75) is 24.5 Å². The molecule has 18 heavy (non-hydrogen) atoms. The smallest absolute Gasteiger partial charge is 0.179 e. The lowest BCUT2D eigenvalue weighted by Gasteiger charge is -2.05. The van der Waals surface area contributed by atoms with Crippen LogP contribution in [-0.4, -0.2) is 33.9 Å². The van der Waals surface area contributed by atoms with Gasteiger partial charge in [0.25, 0.3) is 0 Å². The van der Waals surface area contributed by atoms with Gasteiger partial charge in [0.2, 0.25) is 0 Å². The molecule has 0 spiro atoms. The van der Waals surface area contributed by atoms with E-state index >= 15 is 0 Å². The second-order valence-electron chi connectivity index (χ2n) is 4.69. The van der Waals surface area contributed by atoms with Crippen LogP contribution in [0.2, 0.25) is 0 Å². The van der Waals surface area contributed by atoms with Crippen molar-refractivity contribution in [1.82, 2.24) is 9.38 Å². The number of pyridine rings is 1. The molecule has 3 rings (SSSR count). The first kappa shape index (κ1) is 11.5. The molecule has 0 amide bonds. The van der Waals surface area contributed by atoms with Gasteiger partial charge in [-0.15, -0.1) is 0 Å². The standard InChI is InChI=1S/C12H14N2O3S/c15-11-4-1-5-14-8-9(13-12(11)14)7-10-3-2-6-18(10,16)17/h1,4-5,8,10,15H,2-3,6-7H2. The van der Waals surface area contributed by atoms with Gasteiger partial charge in [-0.25, -0.2) is 13.4 Å². The monoisotopic (exact) mass is 266 g/mol. The molecule has 3 heterocycles. The van der Waals surface area contributed by atoms with E-state index < -0.39 is 9.84 Å². The zero-order valence-corrected chi connectivity index (χ0v) is 10.6. The third-order valence-corrected chi connectivity index (χ3v) is 5.69. The molecule has 1 atom stereocenters. The van der Waals surface area contributed by atoms with Crippen LogP contribution in [-0.2, 0) is 16.3 Å². The molecule has 1 aliphatic heterocycles. The Labute approximate surface area is 105 Å². The first-order chi connectivity index (χ1) is 8.56. The average Bonchev–Trinajstić information content (AvgIpc) is 2.84. The molecule has 0 bridgehead atoms. The lowest BCUT2D eigenvalue weighted by Crippen LogP contribution is -2.18. The zero-order chi connectivity index (χ0) is 12.8. The maximum absolute atomic E-state index is 11.8. The summed E-state index contributed by atoms with van der Waals surface area (Å²) in [4.78, 5) is 4.29. The molecule has 5 nitrogen and oxygen atoms in total. The maximum atomic E-state index is 11.8. The fourth-order valence-electron chi connectivity index (χ4n) is 2.47. The summed E-state index contributed by atoms with van der Waals surface area (Å²) >= 11 is 0. The quantitative estimate of drug-likeness (QED) is 0.885. The molecule has 1 aliphatic rings. The molecule has 0 aliphatic carbocycles. The molecular weight excluding hydrogens is 252 g/mol. The summed E-state index contributed by atoms with van der Waals surface area (Å²) in [6.07, 6.45) is 5.45. The number of sulfone groups is 1. The van der Waals surface area contributed by atoms with Crippen LogP contribution in [0.4, 0.5) is 0 Å². The highest BCUT2D eigenvalue weighted by atomic mass is 32.2. The van der Waals surface area contributed by atoms with Crippen LogP contribution in [0.1, 0.15) is 18.5 Å². The zero-order valence-electron chi connectivity index (χ0n) is 9.78. The summed E-state index contributed by atoms with van der Waals surface area (Å²) in [6, 6.07) is 3.29. The molecule has 0 aromatic carbocycles. The predicted molar refractivity (Wildman–Crippen MR) is 67.4 cm³/mol. The second kappa shape index (κ2) is 3.98. The second-order valence-corrected chi connectivity index (χ2v) is 7.09. The Balaban J connectivity index is 1.94. The molecule has 2 aromatic rings. The highest BCUT2D eigenvalue weighted by Crippen LogP contribution is 2.24. The molecule has 1 fully saturated rings. The molecule has 0 saturated carbocycles. The fourth-order valence-corrected chi connectivity index (χ4v) is 4.32. The molecule has 0 radical (unpaired) electrons. The summed E-state index contributed by atoms with van der Waals surface area (Å²) in [5, 5.41) is 9.33. The van der Waals surface area contributed by atoms with Crippen LogP contribution in [0.3, 0.4) is 0 Å². The van der Waals surface area contributed by atoms with Gasteiger partial charge in [0, 0.05) is 18.8 Å². The lowest BCUT2D eigenvalue weighted by molar-refractivity contribution is 0.477. The summed E-state index contributed by atoms with van der Waals surface area (Å²) in [6.45, 7) is 0. The van der Waals surface area contributed by atoms with Crippen molar-refractivity contribution >= 4 is 15.5 Å². The van der Waals surface area contributed by atoms with Gasteiger partial charge in [0.15, 0.2) is 21.2 Å². The van der Waals surface area contributed by atoms with Crippen LogP contribution in [0, 0.1) is 0 Å². The summed E-state index contributed by atoms with van der Waals surface area (Å²) in [5.41, 5.74) is 1.19. The van der Waals surface area contributed by atoms with Gasteiger partial charge in [-0.05, 0) is 25.0 Å². The van der Waals surface area contributed by atoms with E-state index in [1.54, 1.807) is 28.9 Å². The van der Waals surface area contributed by atoms with Crippen molar-refractivity contribution in [3.63, 3.8) is 0 Å². The van der Waals surface area contributed by atoms with E-state index in [-0.39, 0.29) is 16.8 Å². The van der Waals surface area contributed by atoms with Gasteiger partial charge in [0.1, 0.15) is 0 Å². The Morgan fingerprint density at radius 1 is 1.50 bits per heavy atom. The first-order valence-corrected chi connectivity index (χ1v) is 7.65. The Kier molecular flexibility index (Phi) is 2.55. The molecule has 1 N–H and O–H groups in total. The van der Waals surface area contributed by atoms with E-state index in [1.807, 2.05) is 0 Å². The normalized spacial score (nSPS) is 22.6. The number of hydrogen-bond donors (Lipinski definition) is 1. The maximum Gasteiger partial charge on any atom is 0.179 e. The van der Waals surface area contributed by atoms with E-state index in [0.717, 1.165) is 6.42 Å². The number of nitrogens with zero attached hydrogens (tertiary/aromatic N) is 2. The van der Waals surface area contributed by atoms with Crippen LogP contribution in [0.5, 0.6) is 5.75 Å². The molecular formula is C12H14N2O3S. The molecule has 96 valence electrons. The van der Waals surface area contributed by atoms with Gasteiger partial charge < -0.3 is 9.51 Å². The topological polar surface area (TPSA) is 71.7 Å². The van der Waals surface area contributed by atoms with Crippen molar-refractivity contribution in [2.24, 2.45) is 0 Å². The largest absolute Gasteiger partial charge is 0.504 e. The van der Waals surface area contributed by atoms with Crippen molar-refractivity contribution in [3.05, 3.63) is 30.2 Å². The average molecular weight is 266 g/mol. The van der Waals surface area contributed by atoms with Gasteiger partial charge in [-0.2, -0.15) is 0 Å².